The van der Waals surface area contributed by atoms with Crippen molar-refractivity contribution >= 4 is 15.9 Å². The van der Waals surface area contributed by atoms with Crippen LogP contribution in [0.2, 0.25) is 0 Å². The maximum atomic E-state index is 6.10. The SMILES string of the molecule is COc1ccc(C(CN)N2CCCC2CN(C)C)cc1Br. The molecule has 0 radical (unpaired) electrons. The van der Waals surface area contributed by atoms with Crippen molar-refractivity contribution in [1.82, 2.24) is 9.80 Å². The van der Waals surface area contributed by atoms with Crippen LogP contribution in [0.5, 0.6) is 5.75 Å². The lowest BCUT2D eigenvalue weighted by atomic mass is 10.0. The van der Waals surface area contributed by atoms with E-state index in [1.165, 1.54) is 18.4 Å². The average molecular weight is 356 g/mol. The van der Waals surface area contributed by atoms with E-state index in [-0.39, 0.29) is 6.04 Å². The first-order valence-corrected chi connectivity index (χ1v) is 8.30. The van der Waals surface area contributed by atoms with Crippen LogP contribution in [-0.2, 0) is 0 Å². The van der Waals surface area contributed by atoms with Crippen molar-refractivity contribution in [2.24, 2.45) is 5.73 Å². The van der Waals surface area contributed by atoms with Crippen LogP contribution < -0.4 is 10.5 Å². The van der Waals surface area contributed by atoms with Crippen molar-refractivity contribution in [2.45, 2.75) is 24.9 Å². The summed E-state index contributed by atoms with van der Waals surface area (Å²) in [5.74, 6) is 0.862. The first-order valence-electron chi connectivity index (χ1n) is 7.50. The standard InChI is InChI=1S/C16H26BrN3O/c1-19(2)11-13-5-4-8-20(13)15(10-18)12-6-7-16(21-3)14(17)9-12/h6-7,9,13,15H,4-5,8,10-11,18H2,1-3H3. The number of halogens is 1. The van der Waals surface area contributed by atoms with Crippen LogP contribution in [0.25, 0.3) is 0 Å². The largest absolute Gasteiger partial charge is 0.496 e. The summed E-state index contributed by atoms with van der Waals surface area (Å²) in [5, 5.41) is 0. The Morgan fingerprint density at radius 3 is 2.81 bits per heavy atom. The number of rotatable bonds is 6. The minimum absolute atomic E-state index is 0.277. The van der Waals surface area contributed by atoms with Crippen molar-refractivity contribution in [2.75, 3.05) is 40.8 Å². The van der Waals surface area contributed by atoms with E-state index in [9.17, 15) is 0 Å². The molecule has 0 saturated carbocycles. The molecule has 0 aromatic heterocycles. The van der Waals surface area contributed by atoms with Crippen LogP contribution in [0.4, 0.5) is 0 Å². The Kier molecular flexibility index (Phi) is 6.05. The molecule has 0 aliphatic carbocycles. The second kappa shape index (κ2) is 7.58. The number of nitrogens with two attached hydrogens (primary N) is 1. The second-order valence-corrected chi connectivity index (χ2v) is 6.80. The molecule has 1 saturated heterocycles. The Balaban J connectivity index is 2.20. The van der Waals surface area contributed by atoms with Crippen molar-refractivity contribution in [3.05, 3.63) is 28.2 Å². The van der Waals surface area contributed by atoms with Gasteiger partial charge < -0.3 is 15.4 Å². The summed E-state index contributed by atoms with van der Waals surface area (Å²) in [5.41, 5.74) is 7.36. The van der Waals surface area contributed by atoms with E-state index < -0.39 is 0 Å². The third-order valence-electron chi connectivity index (χ3n) is 4.18. The van der Waals surface area contributed by atoms with Gasteiger partial charge in [0.2, 0.25) is 0 Å². The highest BCUT2D eigenvalue weighted by molar-refractivity contribution is 9.10. The zero-order valence-electron chi connectivity index (χ0n) is 13.2. The van der Waals surface area contributed by atoms with Gasteiger partial charge in [0.1, 0.15) is 5.75 Å². The van der Waals surface area contributed by atoms with E-state index in [1.54, 1.807) is 7.11 Å². The van der Waals surface area contributed by atoms with Crippen molar-refractivity contribution in [3.63, 3.8) is 0 Å². The van der Waals surface area contributed by atoms with Crippen LogP contribution in [0.15, 0.2) is 22.7 Å². The quantitative estimate of drug-likeness (QED) is 0.850. The zero-order valence-corrected chi connectivity index (χ0v) is 14.8. The number of hydrogen-bond acceptors (Lipinski definition) is 4. The molecule has 0 amide bonds. The van der Waals surface area contributed by atoms with Gasteiger partial charge in [-0.3, -0.25) is 4.90 Å². The van der Waals surface area contributed by atoms with Crippen molar-refractivity contribution in [3.8, 4) is 5.75 Å². The van der Waals surface area contributed by atoms with Gasteiger partial charge in [-0.2, -0.15) is 0 Å². The van der Waals surface area contributed by atoms with Crippen molar-refractivity contribution < 1.29 is 4.74 Å². The molecular weight excluding hydrogens is 330 g/mol. The Bertz CT molecular complexity index is 467. The van der Waals surface area contributed by atoms with E-state index in [2.05, 4.69) is 52.0 Å². The molecule has 1 fully saturated rings. The summed E-state index contributed by atoms with van der Waals surface area (Å²) >= 11 is 3.58. The smallest absolute Gasteiger partial charge is 0.133 e. The molecule has 21 heavy (non-hydrogen) atoms. The first-order chi connectivity index (χ1) is 10.1. The molecule has 0 bridgehead atoms. The number of likely N-dealkylation sites (N-methyl/N-ethyl adjacent to an activating group) is 1. The summed E-state index contributed by atoms with van der Waals surface area (Å²) in [6.07, 6.45) is 2.51. The maximum Gasteiger partial charge on any atom is 0.133 e. The molecule has 1 aliphatic heterocycles. The Labute approximate surface area is 136 Å². The highest BCUT2D eigenvalue weighted by Crippen LogP contribution is 2.33. The normalized spacial score (nSPS) is 21.0. The molecular formula is C16H26BrN3O. The summed E-state index contributed by atoms with van der Waals surface area (Å²) in [4.78, 5) is 4.83. The van der Waals surface area contributed by atoms with Gasteiger partial charge in [-0.25, -0.2) is 0 Å². The lowest BCUT2D eigenvalue weighted by molar-refractivity contribution is 0.156. The van der Waals surface area contributed by atoms with Gasteiger partial charge in [-0.15, -0.1) is 0 Å². The monoisotopic (exact) mass is 355 g/mol. The summed E-state index contributed by atoms with van der Waals surface area (Å²) in [7, 11) is 5.96. The molecule has 1 aromatic carbocycles. The fourth-order valence-corrected chi connectivity index (χ4v) is 3.80. The number of methoxy groups -OCH3 is 1. The van der Waals surface area contributed by atoms with E-state index >= 15 is 0 Å². The molecule has 2 N–H and O–H groups in total. The molecule has 5 heteroatoms. The van der Waals surface area contributed by atoms with Crippen LogP contribution in [0, 0.1) is 0 Å². The van der Waals surface area contributed by atoms with Gasteiger partial charge in [0.15, 0.2) is 0 Å². The molecule has 1 heterocycles. The minimum Gasteiger partial charge on any atom is -0.496 e. The lowest BCUT2D eigenvalue weighted by Crippen LogP contribution is -2.42. The average Bonchev–Trinajstić information content (AvgIpc) is 2.87. The van der Waals surface area contributed by atoms with E-state index in [4.69, 9.17) is 10.5 Å². The first kappa shape index (κ1) is 16.7. The third-order valence-corrected chi connectivity index (χ3v) is 4.80. The molecule has 2 unspecified atom stereocenters. The van der Waals surface area contributed by atoms with Crippen LogP contribution >= 0.6 is 15.9 Å². The second-order valence-electron chi connectivity index (χ2n) is 5.94. The van der Waals surface area contributed by atoms with Gasteiger partial charge in [0.25, 0.3) is 0 Å². The van der Waals surface area contributed by atoms with Crippen LogP contribution in [0.3, 0.4) is 0 Å². The summed E-state index contributed by atoms with van der Waals surface area (Å²) in [6, 6.07) is 7.15. The Hall–Kier alpha value is -0.620. The van der Waals surface area contributed by atoms with Gasteiger partial charge in [-0.05, 0) is 67.1 Å². The number of ether oxygens (including phenoxy) is 1. The molecule has 1 aromatic rings. The molecule has 118 valence electrons. The predicted molar refractivity (Wildman–Crippen MR) is 90.8 cm³/mol. The summed E-state index contributed by atoms with van der Waals surface area (Å²) in [6.45, 7) is 2.86. The van der Waals surface area contributed by atoms with Gasteiger partial charge >= 0.3 is 0 Å². The zero-order chi connectivity index (χ0) is 15.4. The number of hydrogen-bond donors (Lipinski definition) is 1. The van der Waals surface area contributed by atoms with E-state index in [0.29, 0.717) is 12.6 Å². The van der Waals surface area contributed by atoms with Crippen LogP contribution in [0.1, 0.15) is 24.4 Å². The molecule has 2 atom stereocenters. The number of benzene rings is 1. The molecule has 0 spiro atoms. The van der Waals surface area contributed by atoms with Gasteiger partial charge in [0, 0.05) is 25.2 Å². The van der Waals surface area contributed by atoms with Crippen molar-refractivity contribution in [1.29, 1.82) is 0 Å². The fourth-order valence-electron chi connectivity index (χ4n) is 3.24. The molecule has 4 nitrogen and oxygen atoms in total. The third kappa shape index (κ3) is 3.97. The minimum atomic E-state index is 0.277. The lowest BCUT2D eigenvalue weighted by Gasteiger charge is -2.34. The highest BCUT2D eigenvalue weighted by atomic mass is 79.9. The van der Waals surface area contributed by atoms with E-state index in [1.807, 2.05) is 6.07 Å². The number of nitrogens with zero attached hydrogens (tertiary/aromatic N) is 2. The molecule has 1 aliphatic rings. The van der Waals surface area contributed by atoms with Crippen LogP contribution in [-0.4, -0.2) is 56.7 Å². The topological polar surface area (TPSA) is 41.7 Å². The fraction of sp³-hybridized carbons (Fsp3) is 0.625. The predicted octanol–water partition coefficient (Wildman–Crippen LogP) is 2.48. The Morgan fingerprint density at radius 2 is 2.24 bits per heavy atom. The number of likely N-dealkylation sites (tertiary alicyclic amines) is 1. The Morgan fingerprint density at radius 1 is 1.48 bits per heavy atom. The van der Waals surface area contributed by atoms with Gasteiger partial charge in [-0.1, -0.05) is 6.07 Å². The van der Waals surface area contributed by atoms with E-state index in [0.717, 1.165) is 23.3 Å². The molecule has 2 rings (SSSR count). The summed E-state index contributed by atoms with van der Waals surface area (Å²) < 4.78 is 6.30. The highest BCUT2D eigenvalue weighted by Gasteiger charge is 2.31. The van der Waals surface area contributed by atoms with Gasteiger partial charge in [0.05, 0.1) is 11.6 Å². The maximum absolute atomic E-state index is 6.10.